The zero-order valence-corrected chi connectivity index (χ0v) is 17.6. The van der Waals surface area contributed by atoms with Crippen LogP contribution in [0.15, 0.2) is 23.2 Å². The average molecular weight is 416 g/mol. The number of ether oxygens (including phenoxy) is 2. The van der Waals surface area contributed by atoms with Crippen molar-refractivity contribution < 1.29 is 22.6 Å². The zero-order valence-electron chi connectivity index (χ0n) is 17.6. The number of nitrogens with zero attached hydrogens (tertiary/aromatic N) is 3. The molecule has 1 N–H and O–H groups in total. The van der Waals surface area contributed by atoms with Gasteiger partial charge in [0, 0.05) is 38.2 Å². The number of hydrogen-bond donors (Lipinski definition) is 1. The van der Waals surface area contributed by atoms with Gasteiger partial charge >= 0.3 is 6.18 Å². The molecule has 1 aromatic carbocycles. The largest absolute Gasteiger partial charge is 0.497 e. The molecule has 1 saturated heterocycles. The van der Waals surface area contributed by atoms with Crippen LogP contribution in [0, 0.1) is 0 Å². The first-order chi connectivity index (χ1) is 13.8. The number of alkyl halides is 3. The molecule has 29 heavy (non-hydrogen) atoms. The van der Waals surface area contributed by atoms with Crippen molar-refractivity contribution in [2.24, 2.45) is 4.99 Å². The topological polar surface area (TPSA) is 49.3 Å². The predicted molar refractivity (Wildman–Crippen MR) is 108 cm³/mol. The molecule has 1 heterocycles. The van der Waals surface area contributed by atoms with Gasteiger partial charge in [0.2, 0.25) is 0 Å². The number of benzene rings is 1. The first-order valence-corrected chi connectivity index (χ1v) is 9.77. The molecule has 1 aromatic rings. The summed E-state index contributed by atoms with van der Waals surface area (Å²) in [6.45, 7) is 3.91. The van der Waals surface area contributed by atoms with Gasteiger partial charge in [0.15, 0.2) is 5.96 Å². The molecule has 1 aliphatic heterocycles. The third kappa shape index (κ3) is 7.30. The van der Waals surface area contributed by atoms with Crippen LogP contribution in [0.2, 0.25) is 0 Å². The maximum Gasteiger partial charge on any atom is 0.401 e. The van der Waals surface area contributed by atoms with Gasteiger partial charge in [-0.1, -0.05) is 0 Å². The molecule has 0 bridgehead atoms. The van der Waals surface area contributed by atoms with E-state index < -0.39 is 12.7 Å². The third-order valence-corrected chi connectivity index (χ3v) is 4.86. The number of halogens is 3. The minimum absolute atomic E-state index is 0.249. The van der Waals surface area contributed by atoms with Crippen LogP contribution in [0.3, 0.4) is 0 Å². The van der Waals surface area contributed by atoms with Crippen LogP contribution in [0.5, 0.6) is 11.5 Å². The number of rotatable bonds is 8. The van der Waals surface area contributed by atoms with Gasteiger partial charge in [0.1, 0.15) is 11.5 Å². The second kappa shape index (κ2) is 10.6. The van der Waals surface area contributed by atoms with Crippen molar-refractivity contribution in [1.29, 1.82) is 0 Å². The monoisotopic (exact) mass is 416 g/mol. The molecule has 0 aromatic heterocycles. The Hall–Kier alpha value is -2.16. The van der Waals surface area contributed by atoms with Crippen molar-refractivity contribution in [2.45, 2.75) is 25.4 Å². The van der Waals surface area contributed by atoms with Crippen molar-refractivity contribution >= 4 is 5.96 Å². The Bertz CT molecular complexity index is 660. The average Bonchev–Trinajstić information content (AvgIpc) is 3.15. The van der Waals surface area contributed by atoms with Gasteiger partial charge in [-0.2, -0.15) is 13.2 Å². The number of hydrogen-bond acceptors (Lipinski definition) is 4. The molecule has 1 fully saturated rings. The molecule has 0 spiro atoms. The van der Waals surface area contributed by atoms with Gasteiger partial charge < -0.3 is 19.7 Å². The highest BCUT2D eigenvalue weighted by Gasteiger charge is 2.29. The fourth-order valence-electron chi connectivity index (χ4n) is 3.43. The van der Waals surface area contributed by atoms with Crippen LogP contribution in [0.1, 0.15) is 24.8 Å². The summed E-state index contributed by atoms with van der Waals surface area (Å²) in [4.78, 5) is 7.93. The zero-order chi connectivity index (χ0) is 21.4. The second-order valence-electron chi connectivity index (χ2n) is 7.17. The minimum Gasteiger partial charge on any atom is -0.497 e. The van der Waals surface area contributed by atoms with E-state index in [1.54, 1.807) is 14.2 Å². The Morgan fingerprint density at radius 3 is 2.45 bits per heavy atom. The van der Waals surface area contributed by atoms with Crippen LogP contribution < -0.4 is 14.8 Å². The Kier molecular flexibility index (Phi) is 8.43. The van der Waals surface area contributed by atoms with Crippen molar-refractivity contribution in [2.75, 3.05) is 60.5 Å². The molecular formula is C20H31F3N4O2. The number of guanidine groups is 1. The standard InChI is InChI=1S/C20H31F3N4O2/c1-5-24-19(25-7-9-26(2)14-20(21,22)23)27-8-6-15(13-27)16-10-17(28-3)12-18(11-16)29-4/h10-12,15H,5-9,13-14H2,1-4H3,(H,24,25). The summed E-state index contributed by atoms with van der Waals surface area (Å²) in [5.74, 6) is 2.55. The van der Waals surface area contributed by atoms with E-state index >= 15 is 0 Å². The number of likely N-dealkylation sites (N-methyl/N-ethyl adjacent to an activating group) is 1. The molecule has 0 saturated carbocycles. The Morgan fingerprint density at radius 2 is 1.90 bits per heavy atom. The fourth-order valence-corrected chi connectivity index (χ4v) is 3.43. The summed E-state index contributed by atoms with van der Waals surface area (Å²) in [7, 11) is 4.72. The highest BCUT2D eigenvalue weighted by molar-refractivity contribution is 5.80. The third-order valence-electron chi connectivity index (χ3n) is 4.86. The highest BCUT2D eigenvalue weighted by atomic mass is 19.4. The second-order valence-corrected chi connectivity index (χ2v) is 7.17. The van der Waals surface area contributed by atoms with Crippen molar-refractivity contribution in [3.8, 4) is 11.5 Å². The van der Waals surface area contributed by atoms with Crippen molar-refractivity contribution in [3.63, 3.8) is 0 Å². The SMILES string of the molecule is CCNC(=NCCN(C)CC(F)(F)F)N1CCC(c2cc(OC)cc(OC)c2)C1. The van der Waals surface area contributed by atoms with Crippen LogP contribution in [0.4, 0.5) is 13.2 Å². The Labute approximate surface area is 170 Å². The number of aliphatic imine (C=N–C) groups is 1. The quantitative estimate of drug-likeness (QED) is 0.522. The highest BCUT2D eigenvalue weighted by Crippen LogP contribution is 2.32. The van der Waals surface area contributed by atoms with Crippen LogP contribution in [-0.2, 0) is 0 Å². The summed E-state index contributed by atoms with van der Waals surface area (Å²) in [5, 5.41) is 3.25. The van der Waals surface area contributed by atoms with E-state index in [0.717, 1.165) is 42.5 Å². The molecule has 0 aliphatic carbocycles. The Balaban J connectivity index is 2.01. The van der Waals surface area contributed by atoms with Crippen LogP contribution >= 0.6 is 0 Å². The summed E-state index contributed by atoms with van der Waals surface area (Å²) >= 11 is 0. The first-order valence-electron chi connectivity index (χ1n) is 9.77. The van der Waals surface area contributed by atoms with E-state index in [1.165, 1.54) is 11.9 Å². The van der Waals surface area contributed by atoms with E-state index in [0.29, 0.717) is 19.0 Å². The van der Waals surface area contributed by atoms with E-state index in [4.69, 9.17) is 9.47 Å². The first kappa shape index (κ1) is 23.1. The smallest absolute Gasteiger partial charge is 0.401 e. The maximum atomic E-state index is 12.5. The molecule has 9 heteroatoms. The van der Waals surface area contributed by atoms with Gasteiger partial charge in [0.25, 0.3) is 0 Å². The molecule has 1 atom stereocenters. The lowest BCUT2D eigenvalue weighted by atomic mass is 9.98. The minimum atomic E-state index is -4.19. The lowest BCUT2D eigenvalue weighted by Crippen LogP contribution is -2.40. The summed E-state index contributed by atoms with van der Waals surface area (Å²) in [6, 6.07) is 5.89. The van der Waals surface area contributed by atoms with Gasteiger partial charge in [-0.15, -0.1) is 0 Å². The van der Waals surface area contributed by atoms with Gasteiger partial charge in [0.05, 0.1) is 27.3 Å². The van der Waals surface area contributed by atoms with E-state index in [9.17, 15) is 13.2 Å². The molecule has 1 aliphatic rings. The van der Waals surface area contributed by atoms with E-state index in [1.807, 2.05) is 25.1 Å². The lowest BCUT2D eigenvalue weighted by Gasteiger charge is -2.23. The van der Waals surface area contributed by atoms with Crippen LogP contribution in [0.25, 0.3) is 0 Å². The predicted octanol–water partition coefficient (Wildman–Crippen LogP) is 2.95. The summed E-state index contributed by atoms with van der Waals surface area (Å²) in [6.07, 6.45) is -3.24. The Morgan fingerprint density at radius 1 is 1.24 bits per heavy atom. The lowest BCUT2D eigenvalue weighted by molar-refractivity contribution is -0.142. The van der Waals surface area contributed by atoms with Crippen LogP contribution in [-0.4, -0.2) is 82.5 Å². The van der Waals surface area contributed by atoms with Crippen molar-refractivity contribution in [3.05, 3.63) is 23.8 Å². The fraction of sp³-hybridized carbons (Fsp3) is 0.650. The molecule has 6 nitrogen and oxygen atoms in total. The molecule has 164 valence electrons. The summed E-state index contributed by atoms with van der Waals surface area (Å²) < 4.78 is 48.1. The van der Waals surface area contributed by atoms with E-state index in [-0.39, 0.29) is 6.54 Å². The molecule has 2 rings (SSSR count). The molecular weight excluding hydrogens is 385 g/mol. The van der Waals surface area contributed by atoms with Gasteiger partial charge in [-0.3, -0.25) is 9.89 Å². The van der Waals surface area contributed by atoms with E-state index in [2.05, 4.69) is 15.2 Å². The maximum absolute atomic E-state index is 12.5. The molecule has 1 unspecified atom stereocenters. The number of likely N-dealkylation sites (tertiary alicyclic amines) is 1. The summed E-state index contributed by atoms with van der Waals surface area (Å²) in [5.41, 5.74) is 1.14. The normalized spacial score (nSPS) is 17.7. The number of methoxy groups -OCH3 is 2. The van der Waals surface area contributed by atoms with Gasteiger partial charge in [-0.05, 0) is 38.1 Å². The molecule has 0 amide bonds. The molecule has 0 radical (unpaired) electrons. The number of nitrogens with one attached hydrogen (secondary N) is 1. The van der Waals surface area contributed by atoms with Gasteiger partial charge in [-0.25, -0.2) is 0 Å². The van der Waals surface area contributed by atoms with Crippen molar-refractivity contribution in [1.82, 2.24) is 15.1 Å².